The number of aromatic carboxylic acids is 1. The smallest absolute Gasteiger partial charge is 0.347 e. The van der Waals surface area contributed by atoms with Gasteiger partial charge in [-0.2, -0.15) is 0 Å². The topological polar surface area (TPSA) is 62.2 Å². The van der Waals surface area contributed by atoms with Crippen LogP contribution in [0.2, 0.25) is 0 Å². The molecule has 1 aliphatic rings. The summed E-state index contributed by atoms with van der Waals surface area (Å²) >= 11 is 1.27. The van der Waals surface area contributed by atoms with Crippen LogP contribution in [-0.4, -0.2) is 29.1 Å². The summed E-state index contributed by atoms with van der Waals surface area (Å²) in [5.74, 6) is -0.450. The molecule has 2 heterocycles. The third-order valence-corrected chi connectivity index (χ3v) is 3.01. The highest BCUT2D eigenvalue weighted by Gasteiger charge is 2.22. The van der Waals surface area contributed by atoms with Gasteiger partial charge < -0.3 is 10.4 Å². The van der Waals surface area contributed by atoms with Gasteiger partial charge in [-0.3, -0.25) is 0 Å². The number of thiazole rings is 1. The molecule has 64 valence electrons. The molecule has 12 heavy (non-hydrogen) atoms. The zero-order valence-electron chi connectivity index (χ0n) is 6.28. The standard InChI is InChI=1S/C7H8N2O2S/c10-7(11)5-3-9-6(12-5)4-1-8-2-4/h3-4,8H,1-2H2,(H,10,11). The Balaban J connectivity index is 2.17. The summed E-state index contributed by atoms with van der Waals surface area (Å²) in [6.45, 7) is 1.85. The van der Waals surface area contributed by atoms with Crippen molar-refractivity contribution < 1.29 is 9.90 Å². The molecule has 1 aromatic rings. The molecule has 5 heteroatoms. The first-order chi connectivity index (χ1) is 5.77. The maximum absolute atomic E-state index is 10.5. The molecule has 0 saturated carbocycles. The van der Waals surface area contributed by atoms with Gasteiger partial charge in [0.1, 0.15) is 4.88 Å². The van der Waals surface area contributed by atoms with E-state index in [0.29, 0.717) is 10.8 Å². The summed E-state index contributed by atoms with van der Waals surface area (Å²) in [6.07, 6.45) is 1.43. The second-order valence-electron chi connectivity index (χ2n) is 2.72. The molecule has 1 saturated heterocycles. The fraction of sp³-hybridized carbons (Fsp3) is 0.429. The van der Waals surface area contributed by atoms with E-state index in [1.54, 1.807) is 0 Å². The van der Waals surface area contributed by atoms with Crippen LogP contribution in [0.5, 0.6) is 0 Å². The molecule has 0 unspecified atom stereocenters. The zero-order valence-corrected chi connectivity index (χ0v) is 7.10. The van der Waals surface area contributed by atoms with Gasteiger partial charge in [-0.25, -0.2) is 9.78 Å². The summed E-state index contributed by atoms with van der Waals surface area (Å²) in [7, 11) is 0. The monoisotopic (exact) mass is 184 g/mol. The van der Waals surface area contributed by atoms with Crippen LogP contribution in [0.4, 0.5) is 0 Å². The summed E-state index contributed by atoms with van der Waals surface area (Å²) < 4.78 is 0. The molecule has 1 fully saturated rings. The number of hydrogen-bond acceptors (Lipinski definition) is 4. The second kappa shape index (κ2) is 2.84. The van der Waals surface area contributed by atoms with Crippen molar-refractivity contribution in [1.82, 2.24) is 10.3 Å². The van der Waals surface area contributed by atoms with Gasteiger partial charge in [-0.1, -0.05) is 0 Å². The van der Waals surface area contributed by atoms with Crippen molar-refractivity contribution >= 4 is 17.3 Å². The minimum absolute atomic E-state index is 0.330. The Kier molecular flexibility index (Phi) is 1.82. The van der Waals surface area contributed by atoms with E-state index < -0.39 is 5.97 Å². The van der Waals surface area contributed by atoms with Crippen molar-refractivity contribution in [2.24, 2.45) is 0 Å². The Morgan fingerprint density at radius 1 is 1.75 bits per heavy atom. The third kappa shape index (κ3) is 1.21. The summed E-state index contributed by atoms with van der Waals surface area (Å²) in [6, 6.07) is 0. The van der Waals surface area contributed by atoms with Crippen molar-refractivity contribution in [2.75, 3.05) is 13.1 Å². The van der Waals surface area contributed by atoms with Crippen LogP contribution < -0.4 is 5.32 Å². The number of carboxylic acids is 1. The molecule has 0 aromatic carbocycles. The van der Waals surface area contributed by atoms with E-state index in [2.05, 4.69) is 10.3 Å². The largest absolute Gasteiger partial charge is 0.477 e. The molecular weight excluding hydrogens is 176 g/mol. The Morgan fingerprint density at radius 2 is 2.50 bits per heavy atom. The molecular formula is C7H8N2O2S. The fourth-order valence-electron chi connectivity index (χ4n) is 1.04. The SMILES string of the molecule is O=C(O)c1cnc(C2CNC2)s1. The number of nitrogens with one attached hydrogen (secondary N) is 1. The van der Waals surface area contributed by atoms with E-state index in [4.69, 9.17) is 5.11 Å². The van der Waals surface area contributed by atoms with Crippen LogP contribution in [0.3, 0.4) is 0 Å². The van der Waals surface area contributed by atoms with Crippen LogP contribution >= 0.6 is 11.3 Å². The summed E-state index contributed by atoms with van der Waals surface area (Å²) in [5.41, 5.74) is 0. The van der Waals surface area contributed by atoms with Crippen LogP contribution in [-0.2, 0) is 0 Å². The van der Waals surface area contributed by atoms with Crippen LogP contribution in [0, 0.1) is 0 Å². The van der Waals surface area contributed by atoms with Crippen LogP contribution in [0.25, 0.3) is 0 Å². The minimum atomic E-state index is -0.883. The van der Waals surface area contributed by atoms with E-state index in [1.165, 1.54) is 17.5 Å². The predicted octanol–water partition coefficient (Wildman–Crippen LogP) is 0.528. The van der Waals surface area contributed by atoms with Gasteiger partial charge in [0, 0.05) is 19.0 Å². The molecule has 0 amide bonds. The molecule has 0 spiro atoms. The first-order valence-corrected chi connectivity index (χ1v) is 4.49. The van der Waals surface area contributed by atoms with Crippen molar-refractivity contribution in [3.8, 4) is 0 Å². The van der Waals surface area contributed by atoms with Crippen molar-refractivity contribution in [3.05, 3.63) is 16.1 Å². The highest BCUT2D eigenvalue weighted by Crippen LogP contribution is 2.24. The Labute approximate surface area is 73.3 Å². The number of carbonyl (C=O) groups is 1. The lowest BCUT2D eigenvalue weighted by atomic mass is 10.1. The number of carboxylic acid groups (broad SMARTS) is 1. The van der Waals surface area contributed by atoms with Gasteiger partial charge in [0.2, 0.25) is 0 Å². The molecule has 0 bridgehead atoms. The van der Waals surface area contributed by atoms with E-state index >= 15 is 0 Å². The first-order valence-electron chi connectivity index (χ1n) is 3.67. The summed E-state index contributed by atoms with van der Waals surface area (Å²) in [5, 5.41) is 12.7. The number of aromatic nitrogens is 1. The Hall–Kier alpha value is -0.940. The highest BCUT2D eigenvalue weighted by atomic mass is 32.1. The molecule has 4 nitrogen and oxygen atoms in total. The number of hydrogen-bond donors (Lipinski definition) is 2. The maximum Gasteiger partial charge on any atom is 0.347 e. The Bertz CT molecular complexity index is 306. The van der Waals surface area contributed by atoms with Crippen LogP contribution in [0.15, 0.2) is 6.20 Å². The average molecular weight is 184 g/mol. The van der Waals surface area contributed by atoms with Gasteiger partial charge in [0.25, 0.3) is 0 Å². The highest BCUT2D eigenvalue weighted by molar-refractivity contribution is 7.13. The van der Waals surface area contributed by atoms with Gasteiger partial charge in [0.05, 0.1) is 11.2 Å². The molecule has 1 aromatic heterocycles. The first kappa shape index (κ1) is 7.70. The van der Waals surface area contributed by atoms with E-state index in [9.17, 15) is 4.79 Å². The number of rotatable bonds is 2. The summed E-state index contributed by atoms with van der Waals surface area (Å²) in [4.78, 5) is 14.9. The van der Waals surface area contributed by atoms with Crippen LogP contribution in [0.1, 0.15) is 20.6 Å². The van der Waals surface area contributed by atoms with Crippen molar-refractivity contribution in [3.63, 3.8) is 0 Å². The average Bonchev–Trinajstić information content (AvgIpc) is 2.32. The quantitative estimate of drug-likeness (QED) is 0.703. The van der Waals surface area contributed by atoms with Gasteiger partial charge in [-0.15, -0.1) is 11.3 Å². The van der Waals surface area contributed by atoms with E-state index in [0.717, 1.165) is 18.1 Å². The molecule has 1 aliphatic heterocycles. The lowest BCUT2D eigenvalue weighted by molar-refractivity contribution is 0.0702. The number of nitrogens with zero attached hydrogens (tertiary/aromatic N) is 1. The van der Waals surface area contributed by atoms with Crippen molar-refractivity contribution in [1.29, 1.82) is 0 Å². The van der Waals surface area contributed by atoms with E-state index in [1.807, 2.05) is 0 Å². The van der Waals surface area contributed by atoms with Crippen molar-refractivity contribution in [2.45, 2.75) is 5.92 Å². The molecule has 2 rings (SSSR count). The van der Waals surface area contributed by atoms with E-state index in [-0.39, 0.29) is 0 Å². The molecule has 0 aliphatic carbocycles. The maximum atomic E-state index is 10.5. The zero-order chi connectivity index (χ0) is 8.55. The molecule has 2 N–H and O–H groups in total. The van der Waals surface area contributed by atoms with Gasteiger partial charge in [-0.05, 0) is 0 Å². The lowest BCUT2D eigenvalue weighted by Crippen LogP contribution is -2.39. The normalized spacial score (nSPS) is 17.3. The fourth-order valence-corrected chi connectivity index (χ4v) is 1.90. The predicted molar refractivity (Wildman–Crippen MR) is 44.7 cm³/mol. The second-order valence-corrected chi connectivity index (χ2v) is 3.79. The van der Waals surface area contributed by atoms with Gasteiger partial charge in [0.15, 0.2) is 0 Å². The third-order valence-electron chi connectivity index (χ3n) is 1.87. The lowest BCUT2D eigenvalue weighted by Gasteiger charge is -2.24. The minimum Gasteiger partial charge on any atom is -0.477 e. The Morgan fingerprint density at radius 3 is 2.92 bits per heavy atom. The molecule has 0 radical (unpaired) electrons. The molecule has 0 atom stereocenters. The van der Waals surface area contributed by atoms with Gasteiger partial charge >= 0.3 is 5.97 Å².